The summed E-state index contributed by atoms with van der Waals surface area (Å²) in [5.74, 6) is -2.94. The van der Waals surface area contributed by atoms with Crippen molar-refractivity contribution in [1.29, 1.82) is 0 Å². The van der Waals surface area contributed by atoms with E-state index in [1.54, 1.807) is 17.8 Å². The number of hydrogen-bond acceptors (Lipinski definition) is 4. The summed E-state index contributed by atoms with van der Waals surface area (Å²) in [5, 5.41) is 9.93. The van der Waals surface area contributed by atoms with Crippen LogP contribution in [0, 0.1) is 11.6 Å². The largest absolute Gasteiger partial charge is 0.505 e. The first-order valence-corrected chi connectivity index (χ1v) is 5.73. The molecule has 0 saturated heterocycles. The van der Waals surface area contributed by atoms with Gasteiger partial charge in [-0.2, -0.15) is 4.39 Å². The van der Waals surface area contributed by atoms with Crippen molar-refractivity contribution < 1.29 is 13.9 Å². The molecule has 0 saturated carbocycles. The van der Waals surface area contributed by atoms with Gasteiger partial charge in [0.25, 0.3) is 0 Å². The van der Waals surface area contributed by atoms with Crippen molar-refractivity contribution in [2.24, 2.45) is 7.05 Å². The predicted molar refractivity (Wildman–Crippen MR) is 69.9 cm³/mol. The molecule has 1 aromatic carbocycles. The molecule has 0 unspecified atom stereocenters. The van der Waals surface area contributed by atoms with Crippen molar-refractivity contribution in [2.45, 2.75) is 0 Å². The standard InChI is InChI=1S/C13H10F2N4O/c1-19-4-7(10-12(16)17-5-18-13(10)19)6-2-8(14)11(15)9(20)3-6/h2-5,20H,1H3,(H2,16,17,18). The van der Waals surface area contributed by atoms with Gasteiger partial charge in [-0.05, 0) is 17.7 Å². The fraction of sp³-hybridized carbons (Fsp3) is 0.0769. The number of nitrogens with two attached hydrogens (primary N) is 1. The van der Waals surface area contributed by atoms with Gasteiger partial charge in [-0.3, -0.25) is 0 Å². The number of nitrogen functional groups attached to an aromatic ring is 1. The van der Waals surface area contributed by atoms with Crippen molar-refractivity contribution >= 4 is 16.9 Å². The third-order valence-electron chi connectivity index (χ3n) is 3.10. The van der Waals surface area contributed by atoms with E-state index in [1.165, 1.54) is 6.33 Å². The number of aromatic hydroxyl groups is 1. The lowest BCUT2D eigenvalue weighted by Crippen LogP contribution is -1.94. The van der Waals surface area contributed by atoms with E-state index < -0.39 is 17.4 Å². The van der Waals surface area contributed by atoms with E-state index in [4.69, 9.17) is 5.73 Å². The fourth-order valence-electron chi connectivity index (χ4n) is 2.18. The summed E-state index contributed by atoms with van der Waals surface area (Å²) in [5.41, 5.74) is 7.21. The van der Waals surface area contributed by atoms with Crippen LogP contribution < -0.4 is 5.73 Å². The summed E-state index contributed by atoms with van der Waals surface area (Å²) in [6.45, 7) is 0. The summed E-state index contributed by atoms with van der Waals surface area (Å²) in [4.78, 5) is 7.98. The number of fused-ring (bicyclic) bond motifs is 1. The van der Waals surface area contributed by atoms with Crippen molar-refractivity contribution in [2.75, 3.05) is 5.73 Å². The Balaban J connectivity index is 2.36. The average molecular weight is 276 g/mol. The highest BCUT2D eigenvalue weighted by atomic mass is 19.2. The molecule has 102 valence electrons. The van der Waals surface area contributed by atoms with Crippen LogP contribution in [0.4, 0.5) is 14.6 Å². The van der Waals surface area contributed by atoms with E-state index in [0.717, 1.165) is 12.1 Å². The van der Waals surface area contributed by atoms with Crippen LogP contribution in [0.3, 0.4) is 0 Å². The Morgan fingerprint density at radius 2 is 2.00 bits per heavy atom. The SMILES string of the molecule is Cn1cc(-c2cc(O)c(F)c(F)c2)c2c(N)ncnc21. The molecule has 2 heterocycles. The number of aryl methyl sites for hydroxylation is 1. The number of phenols is 1. The lowest BCUT2D eigenvalue weighted by Gasteiger charge is -2.04. The first-order chi connectivity index (χ1) is 9.49. The number of nitrogens with zero attached hydrogens (tertiary/aromatic N) is 3. The zero-order valence-electron chi connectivity index (χ0n) is 10.4. The van der Waals surface area contributed by atoms with Gasteiger partial charge < -0.3 is 15.4 Å². The van der Waals surface area contributed by atoms with Gasteiger partial charge in [-0.1, -0.05) is 0 Å². The van der Waals surface area contributed by atoms with Crippen LogP contribution in [0.5, 0.6) is 5.75 Å². The van der Waals surface area contributed by atoms with E-state index in [-0.39, 0.29) is 5.82 Å². The number of hydrogen-bond donors (Lipinski definition) is 2. The lowest BCUT2D eigenvalue weighted by atomic mass is 10.1. The third-order valence-corrected chi connectivity index (χ3v) is 3.10. The zero-order chi connectivity index (χ0) is 14.4. The monoisotopic (exact) mass is 276 g/mol. The molecule has 5 nitrogen and oxygen atoms in total. The van der Waals surface area contributed by atoms with Gasteiger partial charge in [-0.15, -0.1) is 0 Å². The van der Waals surface area contributed by atoms with Crippen molar-refractivity contribution in [1.82, 2.24) is 14.5 Å². The van der Waals surface area contributed by atoms with Gasteiger partial charge in [-0.25, -0.2) is 14.4 Å². The minimum atomic E-state index is -1.28. The number of rotatable bonds is 1. The Morgan fingerprint density at radius 1 is 1.25 bits per heavy atom. The summed E-state index contributed by atoms with van der Waals surface area (Å²) in [6.07, 6.45) is 2.99. The van der Waals surface area contributed by atoms with Crippen LogP contribution in [-0.2, 0) is 7.05 Å². The predicted octanol–water partition coefficient (Wildman–Crippen LogP) is 2.20. The van der Waals surface area contributed by atoms with E-state index in [9.17, 15) is 13.9 Å². The first-order valence-electron chi connectivity index (χ1n) is 5.73. The topological polar surface area (TPSA) is 77.0 Å². The van der Waals surface area contributed by atoms with Crippen molar-refractivity contribution in [3.05, 3.63) is 36.3 Å². The maximum atomic E-state index is 13.4. The van der Waals surface area contributed by atoms with E-state index in [0.29, 0.717) is 22.2 Å². The Kier molecular flexibility index (Phi) is 2.56. The molecule has 0 radical (unpaired) electrons. The van der Waals surface area contributed by atoms with Crippen LogP contribution in [0.2, 0.25) is 0 Å². The van der Waals surface area contributed by atoms with Crippen LogP contribution in [-0.4, -0.2) is 19.6 Å². The minimum Gasteiger partial charge on any atom is -0.505 e. The van der Waals surface area contributed by atoms with Crippen LogP contribution in [0.25, 0.3) is 22.2 Å². The molecule has 20 heavy (non-hydrogen) atoms. The lowest BCUT2D eigenvalue weighted by molar-refractivity contribution is 0.407. The highest BCUT2D eigenvalue weighted by Crippen LogP contribution is 2.35. The van der Waals surface area contributed by atoms with Gasteiger partial charge in [0.1, 0.15) is 17.8 Å². The highest BCUT2D eigenvalue weighted by Gasteiger charge is 2.17. The first kappa shape index (κ1) is 12.3. The summed E-state index contributed by atoms with van der Waals surface area (Å²) < 4.78 is 28.3. The fourth-order valence-corrected chi connectivity index (χ4v) is 2.18. The van der Waals surface area contributed by atoms with Gasteiger partial charge in [0, 0.05) is 18.8 Å². The maximum absolute atomic E-state index is 13.4. The normalized spacial score (nSPS) is 11.2. The second-order valence-corrected chi connectivity index (χ2v) is 4.40. The molecule has 0 aliphatic rings. The quantitative estimate of drug-likeness (QED) is 0.714. The molecule has 3 N–H and O–H groups in total. The van der Waals surface area contributed by atoms with Crippen LogP contribution in [0.1, 0.15) is 0 Å². The second kappa shape index (κ2) is 4.16. The molecule has 0 amide bonds. The Hall–Kier alpha value is -2.70. The molecule has 0 aliphatic heterocycles. The molecule has 3 aromatic rings. The van der Waals surface area contributed by atoms with Gasteiger partial charge in [0.15, 0.2) is 17.4 Å². The molecule has 0 aliphatic carbocycles. The summed E-state index contributed by atoms with van der Waals surface area (Å²) in [6, 6.07) is 2.13. The zero-order valence-corrected chi connectivity index (χ0v) is 10.4. The molecule has 7 heteroatoms. The summed E-state index contributed by atoms with van der Waals surface area (Å²) in [7, 11) is 1.75. The average Bonchev–Trinajstić information content (AvgIpc) is 2.75. The van der Waals surface area contributed by atoms with E-state index in [2.05, 4.69) is 9.97 Å². The molecular weight excluding hydrogens is 266 g/mol. The van der Waals surface area contributed by atoms with Crippen molar-refractivity contribution in [3.8, 4) is 16.9 Å². The molecule has 2 aromatic heterocycles. The Bertz CT molecular complexity index is 806. The minimum absolute atomic E-state index is 0.231. The van der Waals surface area contributed by atoms with Gasteiger partial charge in [0.2, 0.25) is 0 Å². The number of anilines is 1. The highest BCUT2D eigenvalue weighted by molar-refractivity contribution is 6.00. The molecular formula is C13H10F2N4O. The van der Waals surface area contributed by atoms with E-state index in [1.807, 2.05) is 0 Å². The maximum Gasteiger partial charge on any atom is 0.200 e. The molecule has 0 fully saturated rings. The van der Waals surface area contributed by atoms with Gasteiger partial charge in [0.05, 0.1) is 5.39 Å². The number of phenolic OH excluding ortho intramolecular Hbond substituents is 1. The van der Waals surface area contributed by atoms with Crippen molar-refractivity contribution in [3.63, 3.8) is 0 Å². The Labute approximate surface area is 112 Å². The molecule has 0 atom stereocenters. The smallest absolute Gasteiger partial charge is 0.200 e. The second-order valence-electron chi connectivity index (χ2n) is 4.40. The molecule has 0 bridgehead atoms. The van der Waals surface area contributed by atoms with Crippen LogP contribution >= 0.6 is 0 Å². The number of aromatic nitrogens is 3. The summed E-state index contributed by atoms with van der Waals surface area (Å²) >= 11 is 0. The van der Waals surface area contributed by atoms with Crippen LogP contribution in [0.15, 0.2) is 24.7 Å². The number of benzene rings is 1. The van der Waals surface area contributed by atoms with E-state index >= 15 is 0 Å². The molecule has 0 spiro atoms. The molecule has 3 rings (SSSR count). The Morgan fingerprint density at radius 3 is 2.70 bits per heavy atom. The van der Waals surface area contributed by atoms with Gasteiger partial charge >= 0.3 is 0 Å². The number of halogens is 2. The third kappa shape index (κ3) is 1.67.